The van der Waals surface area contributed by atoms with Crippen molar-refractivity contribution < 1.29 is 22.8 Å². The first-order valence-corrected chi connectivity index (χ1v) is 10.0. The smallest absolute Gasteiger partial charge is 0.351 e. The zero-order valence-electron chi connectivity index (χ0n) is 16.2. The van der Waals surface area contributed by atoms with Gasteiger partial charge >= 0.3 is 6.18 Å². The number of hydrogen-bond acceptors (Lipinski definition) is 6. The average molecular weight is 450 g/mol. The predicted molar refractivity (Wildman–Crippen MR) is 108 cm³/mol. The van der Waals surface area contributed by atoms with Crippen LogP contribution in [0.2, 0.25) is 0 Å². The highest BCUT2D eigenvalue weighted by Gasteiger charge is 2.30. The molecule has 0 saturated heterocycles. The van der Waals surface area contributed by atoms with E-state index in [0.29, 0.717) is 17.4 Å². The third-order valence-electron chi connectivity index (χ3n) is 3.87. The Kier molecular flexibility index (Phi) is 6.90. The summed E-state index contributed by atoms with van der Waals surface area (Å²) >= 11 is 1.08. The molecule has 0 bridgehead atoms. The highest BCUT2D eigenvalue weighted by molar-refractivity contribution is 7.99. The Morgan fingerprint density at radius 1 is 1.16 bits per heavy atom. The van der Waals surface area contributed by atoms with Crippen LogP contribution in [0.3, 0.4) is 0 Å². The minimum Gasteiger partial charge on any atom is -0.351 e. The Labute approximate surface area is 179 Å². The van der Waals surface area contributed by atoms with Gasteiger partial charge in [0.15, 0.2) is 5.82 Å². The fourth-order valence-corrected chi connectivity index (χ4v) is 3.07. The summed E-state index contributed by atoms with van der Waals surface area (Å²) in [5, 5.41) is 13.6. The molecular weight excluding hydrogens is 433 g/mol. The van der Waals surface area contributed by atoms with E-state index in [2.05, 4.69) is 25.8 Å². The zero-order chi connectivity index (χ0) is 22.4. The fourth-order valence-electron chi connectivity index (χ4n) is 2.45. The van der Waals surface area contributed by atoms with E-state index in [-0.39, 0.29) is 23.0 Å². The van der Waals surface area contributed by atoms with Crippen molar-refractivity contribution in [3.05, 3.63) is 60.2 Å². The van der Waals surface area contributed by atoms with Gasteiger partial charge in [0.05, 0.1) is 11.3 Å². The number of hydrogen-bond donors (Lipinski definition) is 2. The Morgan fingerprint density at radius 3 is 2.65 bits per heavy atom. The molecule has 0 aliphatic heterocycles. The topological polar surface area (TPSA) is 102 Å². The standard InChI is InChI=1S/C19H17F3N6O2S/c1-2-23-18(30)14-9-28(11-24-14)15-6-7-17(27-26-15)31-10-16(29)25-13-5-3-4-12(8-13)19(20,21)22/h3-9,11H,2,10H2,1H3,(H,23,30)(H,25,29). The molecule has 3 aromatic rings. The van der Waals surface area contributed by atoms with E-state index in [0.717, 1.165) is 23.9 Å². The number of imidazole rings is 1. The molecule has 0 radical (unpaired) electrons. The summed E-state index contributed by atoms with van der Waals surface area (Å²) in [5.74, 6) is -0.401. The third kappa shape index (κ3) is 6.04. The lowest BCUT2D eigenvalue weighted by Gasteiger charge is -2.09. The number of anilines is 1. The van der Waals surface area contributed by atoms with Gasteiger partial charge in [-0.3, -0.25) is 14.2 Å². The summed E-state index contributed by atoms with van der Waals surface area (Å²) in [6.45, 7) is 2.29. The van der Waals surface area contributed by atoms with E-state index in [9.17, 15) is 22.8 Å². The Morgan fingerprint density at radius 2 is 1.97 bits per heavy atom. The maximum absolute atomic E-state index is 12.7. The van der Waals surface area contributed by atoms with Gasteiger partial charge in [-0.05, 0) is 37.3 Å². The molecule has 0 fully saturated rings. The molecule has 8 nitrogen and oxygen atoms in total. The Hall–Kier alpha value is -3.41. The van der Waals surface area contributed by atoms with E-state index in [1.807, 2.05) is 0 Å². The molecule has 2 N–H and O–H groups in total. The first kappa shape index (κ1) is 22.3. The van der Waals surface area contributed by atoms with Crippen LogP contribution in [0, 0.1) is 0 Å². The monoisotopic (exact) mass is 450 g/mol. The number of alkyl halides is 3. The van der Waals surface area contributed by atoms with Crippen LogP contribution in [-0.4, -0.2) is 43.9 Å². The molecule has 31 heavy (non-hydrogen) atoms. The normalized spacial score (nSPS) is 11.2. The van der Waals surface area contributed by atoms with E-state index < -0.39 is 17.6 Å². The predicted octanol–water partition coefficient (Wildman–Crippen LogP) is 3.16. The van der Waals surface area contributed by atoms with E-state index in [1.54, 1.807) is 19.1 Å². The van der Waals surface area contributed by atoms with Crippen molar-refractivity contribution in [1.82, 2.24) is 25.1 Å². The number of rotatable bonds is 7. The minimum atomic E-state index is -4.48. The largest absolute Gasteiger partial charge is 0.416 e. The van der Waals surface area contributed by atoms with Crippen molar-refractivity contribution in [3.63, 3.8) is 0 Å². The number of halogens is 3. The maximum atomic E-state index is 12.7. The molecule has 0 aliphatic rings. The van der Waals surface area contributed by atoms with Crippen molar-refractivity contribution in [2.75, 3.05) is 17.6 Å². The second-order valence-electron chi connectivity index (χ2n) is 6.17. The summed E-state index contributed by atoms with van der Waals surface area (Å²) in [4.78, 5) is 27.8. The number of aromatic nitrogens is 4. The van der Waals surface area contributed by atoms with Gasteiger partial charge in [-0.25, -0.2) is 4.98 Å². The van der Waals surface area contributed by atoms with Crippen LogP contribution in [0.4, 0.5) is 18.9 Å². The third-order valence-corrected chi connectivity index (χ3v) is 4.79. The average Bonchev–Trinajstić information content (AvgIpc) is 3.23. The number of amides is 2. The molecule has 1 aromatic carbocycles. The summed E-state index contributed by atoms with van der Waals surface area (Å²) in [5.41, 5.74) is -0.535. The van der Waals surface area contributed by atoms with Crippen LogP contribution >= 0.6 is 11.8 Å². The van der Waals surface area contributed by atoms with Gasteiger partial charge in [0, 0.05) is 18.4 Å². The van der Waals surface area contributed by atoms with Gasteiger partial charge in [-0.15, -0.1) is 10.2 Å². The van der Waals surface area contributed by atoms with Crippen LogP contribution in [0.1, 0.15) is 23.0 Å². The molecule has 0 atom stereocenters. The summed E-state index contributed by atoms with van der Waals surface area (Å²) in [6, 6.07) is 7.69. The van der Waals surface area contributed by atoms with Gasteiger partial charge in [-0.2, -0.15) is 13.2 Å². The maximum Gasteiger partial charge on any atom is 0.416 e. The quantitative estimate of drug-likeness (QED) is 0.536. The van der Waals surface area contributed by atoms with E-state index in [1.165, 1.54) is 29.2 Å². The molecule has 2 amide bonds. The highest BCUT2D eigenvalue weighted by atomic mass is 32.2. The van der Waals surface area contributed by atoms with Gasteiger partial charge in [0.25, 0.3) is 5.91 Å². The molecule has 3 rings (SSSR count). The Bertz CT molecular complexity index is 1070. The minimum absolute atomic E-state index is 0.0588. The lowest BCUT2D eigenvalue weighted by atomic mass is 10.2. The van der Waals surface area contributed by atoms with Crippen molar-refractivity contribution >= 4 is 29.3 Å². The zero-order valence-corrected chi connectivity index (χ0v) is 17.0. The van der Waals surface area contributed by atoms with Crippen molar-refractivity contribution in [2.45, 2.75) is 18.1 Å². The van der Waals surface area contributed by atoms with Crippen LogP contribution in [0.25, 0.3) is 5.82 Å². The molecule has 12 heteroatoms. The summed E-state index contributed by atoms with van der Waals surface area (Å²) in [7, 11) is 0. The van der Waals surface area contributed by atoms with Crippen molar-refractivity contribution in [1.29, 1.82) is 0 Å². The SMILES string of the molecule is CCNC(=O)c1cn(-c2ccc(SCC(=O)Nc3cccc(C(F)(F)F)c3)nn2)cn1. The van der Waals surface area contributed by atoms with Gasteiger partial charge in [0.2, 0.25) is 5.91 Å². The number of nitrogens with zero attached hydrogens (tertiary/aromatic N) is 4. The lowest BCUT2D eigenvalue weighted by molar-refractivity contribution is -0.137. The van der Waals surface area contributed by atoms with Gasteiger partial charge in [-0.1, -0.05) is 17.8 Å². The number of thioether (sulfide) groups is 1. The van der Waals surface area contributed by atoms with Gasteiger partial charge < -0.3 is 10.6 Å². The summed E-state index contributed by atoms with van der Waals surface area (Å²) in [6.07, 6.45) is -1.53. The van der Waals surface area contributed by atoms with Crippen LogP contribution in [0.15, 0.2) is 53.9 Å². The second-order valence-corrected chi connectivity index (χ2v) is 7.17. The lowest BCUT2D eigenvalue weighted by Crippen LogP contribution is -2.22. The van der Waals surface area contributed by atoms with Crippen LogP contribution in [-0.2, 0) is 11.0 Å². The molecule has 0 spiro atoms. The number of nitrogens with one attached hydrogen (secondary N) is 2. The molecule has 2 aromatic heterocycles. The number of carbonyl (C=O) groups is 2. The first-order valence-electron chi connectivity index (χ1n) is 9.02. The van der Waals surface area contributed by atoms with Crippen LogP contribution < -0.4 is 10.6 Å². The van der Waals surface area contributed by atoms with Crippen molar-refractivity contribution in [3.8, 4) is 5.82 Å². The number of benzene rings is 1. The first-order chi connectivity index (χ1) is 14.8. The molecular formula is C19H17F3N6O2S. The molecule has 0 aliphatic carbocycles. The molecule has 0 unspecified atom stereocenters. The molecule has 162 valence electrons. The van der Waals surface area contributed by atoms with Crippen LogP contribution in [0.5, 0.6) is 0 Å². The highest BCUT2D eigenvalue weighted by Crippen LogP contribution is 2.30. The van der Waals surface area contributed by atoms with E-state index >= 15 is 0 Å². The summed E-state index contributed by atoms with van der Waals surface area (Å²) < 4.78 is 39.8. The molecule has 2 heterocycles. The van der Waals surface area contributed by atoms with Gasteiger partial charge in [0.1, 0.15) is 17.0 Å². The van der Waals surface area contributed by atoms with E-state index in [4.69, 9.17) is 0 Å². The fraction of sp³-hybridized carbons (Fsp3) is 0.211. The Balaban J connectivity index is 1.56. The number of carbonyl (C=O) groups excluding carboxylic acids is 2. The van der Waals surface area contributed by atoms with Crippen molar-refractivity contribution in [2.24, 2.45) is 0 Å². The molecule has 0 saturated carbocycles. The second kappa shape index (κ2) is 9.60.